The van der Waals surface area contributed by atoms with Gasteiger partial charge < -0.3 is 4.74 Å². The fraction of sp³-hybridized carbons (Fsp3) is 0.300. The Kier molecular flexibility index (Phi) is 2.00. The SMILES string of the molecule is CCC1Oc2cc(Cl)ccc2C1=O. The van der Waals surface area contributed by atoms with Crippen LogP contribution in [0.2, 0.25) is 5.02 Å². The van der Waals surface area contributed by atoms with Crippen LogP contribution < -0.4 is 4.74 Å². The lowest BCUT2D eigenvalue weighted by molar-refractivity contribution is 0.0853. The van der Waals surface area contributed by atoms with Crippen molar-refractivity contribution < 1.29 is 9.53 Å². The summed E-state index contributed by atoms with van der Waals surface area (Å²) in [5, 5.41) is 0.600. The molecule has 1 aromatic rings. The van der Waals surface area contributed by atoms with Crippen LogP contribution in [-0.2, 0) is 0 Å². The first-order valence-electron chi connectivity index (χ1n) is 4.22. The Labute approximate surface area is 81.5 Å². The number of hydrogen-bond donors (Lipinski definition) is 0. The number of halogens is 1. The second kappa shape index (κ2) is 3.04. The molecule has 0 amide bonds. The minimum atomic E-state index is -0.312. The number of Topliss-reactive ketones (excluding diaryl/α,β-unsaturated/α-hetero) is 1. The molecule has 0 spiro atoms. The summed E-state index contributed by atoms with van der Waals surface area (Å²) in [6.45, 7) is 1.93. The third-order valence-electron chi connectivity index (χ3n) is 2.14. The highest BCUT2D eigenvalue weighted by Gasteiger charge is 2.30. The second-order valence-corrected chi connectivity index (χ2v) is 3.46. The van der Waals surface area contributed by atoms with E-state index < -0.39 is 0 Å². The Morgan fingerprint density at radius 1 is 1.54 bits per heavy atom. The molecule has 1 heterocycles. The molecule has 3 heteroatoms. The molecular formula is C10H9ClO2. The number of carbonyl (C=O) groups is 1. The lowest BCUT2D eigenvalue weighted by atomic mass is 10.1. The van der Waals surface area contributed by atoms with Crippen LogP contribution in [0.1, 0.15) is 23.7 Å². The molecule has 13 heavy (non-hydrogen) atoms. The molecule has 68 valence electrons. The van der Waals surface area contributed by atoms with Crippen LogP contribution in [0, 0.1) is 0 Å². The molecule has 1 aromatic carbocycles. The lowest BCUT2D eigenvalue weighted by Crippen LogP contribution is -2.18. The van der Waals surface area contributed by atoms with E-state index in [0.717, 1.165) is 0 Å². The van der Waals surface area contributed by atoms with Crippen molar-refractivity contribution in [3.8, 4) is 5.75 Å². The third-order valence-corrected chi connectivity index (χ3v) is 2.38. The van der Waals surface area contributed by atoms with Crippen molar-refractivity contribution in [3.05, 3.63) is 28.8 Å². The fourth-order valence-corrected chi connectivity index (χ4v) is 1.61. The number of rotatable bonds is 1. The molecule has 0 fully saturated rings. The third kappa shape index (κ3) is 1.31. The normalized spacial score (nSPS) is 19.8. The highest BCUT2D eigenvalue weighted by atomic mass is 35.5. The van der Waals surface area contributed by atoms with Crippen LogP contribution >= 0.6 is 11.6 Å². The Balaban J connectivity index is 2.44. The molecule has 2 nitrogen and oxygen atoms in total. The molecule has 0 N–H and O–H groups in total. The highest BCUT2D eigenvalue weighted by Crippen LogP contribution is 2.32. The van der Waals surface area contributed by atoms with E-state index in [4.69, 9.17) is 16.3 Å². The van der Waals surface area contributed by atoms with Crippen molar-refractivity contribution >= 4 is 17.4 Å². The Bertz CT molecular complexity index is 360. The molecule has 0 radical (unpaired) electrons. The van der Waals surface area contributed by atoms with Gasteiger partial charge >= 0.3 is 0 Å². The number of fused-ring (bicyclic) bond motifs is 1. The van der Waals surface area contributed by atoms with Crippen LogP contribution in [0.15, 0.2) is 18.2 Å². The molecule has 1 atom stereocenters. The topological polar surface area (TPSA) is 26.3 Å². The van der Waals surface area contributed by atoms with Crippen molar-refractivity contribution in [2.75, 3.05) is 0 Å². The van der Waals surface area contributed by atoms with Crippen molar-refractivity contribution in [2.45, 2.75) is 19.4 Å². The number of hydrogen-bond acceptors (Lipinski definition) is 2. The van der Waals surface area contributed by atoms with E-state index in [1.54, 1.807) is 18.2 Å². The van der Waals surface area contributed by atoms with Crippen molar-refractivity contribution in [1.29, 1.82) is 0 Å². The summed E-state index contributed by atoms with van der Waals surface area (Å²) in [6, 6.07) is 5.11. The molecule has 0 saturated heterocycles. The van der Waals surface area contributed by atoms with Crippen molar-refractivity contribution in [3.63, 3.8) is 0 Å². The summed E-state index contributed by atoms with van der Waals surface area (Å²) in [4.78, 5) is 11.6. The second-order valence-electron chi connectivity index (χ2n) is 3.02. The molecule has 0 aliphatic carbocycles. The molecule has 0 bridgehead atoms. The van der Waals surface area contributed by atoms with Crippen LogP contribution in [0.25, 0.3) is 0 Å². The molecule has 2 rings (SSSR count). The fourth-order valence-electron chi connectivity index (χ4n) is 1.45. The summed E-state index contributed by atoms with van der Waals surface area (Å²) in [5.41, 5.74) is 0.649. The Hall–Kier alpha value is -1.02. The number of benzene rings is 1. The minimum Gasteiger partial charge on any atom is -0.481 e. The first kappa shape index (κ1) is 8.57. The smallest absolute Gasteiger partial charge is 0.206 e. The molecule has 1 aliphatic rings. The Morgan fingerprint density at radius 3 is 3.00 bits per heavy atom. The van der Waals surface area contributed by atoms with Gasteiger partial charge in [0.1, 0.15) is 5.75 Å². The number of ketones is 1. The Morgan fingerprint density at radius 2 is 2.31 bits per heavy atom. The maximum atomic E-state index is 11.6. The van der Waals surface area contributed by atoms with Gasteiger partial charge in [-0.05, 0) is 24.6 Å². The molecule has 0 aromatic heterocycles. The predicted octanol–water partition coefficient (Wildman–Crippen LogP) is 2.69. The monoisotopic (exact) mass is 196 g/mol. The maximum Gasteiger partial charge on any atom is 0.206 e. The van der Waals surface area contributed by atoms with Gasteiger partial charge in [-0.15, -0.1) is 0 Å². The van der Waals surface area contributed by atoms with Crippen LogP contribution in [-0.4, -0.2) is 11.9 Å². The van der Waals surface area contributed by atoms with Crippen molar-refractivity contribution in [2.24, 2.45) is 0 Å². The highest BCUT2D eigenvalue weighted by molar-refractivity contribution is 6.31. The zero-order valence-corrected chi connectivity index (χ0v) is 7.97. The van der Waals surface area contributed by atoms with E-state index in [1.165, 1.54) is 0 Å². The quantitative estimate of drug-likeness (QED) is 0.691. The van der Waals surface area contributed by atoms with E-state index in [9.17, 15) is 4.79 Å². The van der Waals surface area contributed by atoms with Gasteiger partial charge in [0, 0.05) is 5.02 Å². The van der Waals surface area contributed by atoms with Gasteiger partial charge in [0.25, 0.3) is 0 Å². The lowest BCUT2D eigenvalue weighted by Gasteiger charge is -2.04. The summed E-state index contributed by atoms with van der Waals surface area (Å²) in [7, 11) is 0. The van der Waals surface area contributed by atoms with Gasteiger partial charge in [-0.3, -0.25) is 4.79 Å². The molecular weight excluding hydrogens is 188 g/mol. The van der Waals surface area contributed by atoms with E-state index in [-0.39, 0.29) is 11.9 Å². The average molecular weight is 197 g/mol. The predicted molar refractivity (Wildman–Crippen MR) is 50.5 cm³/mol. The molecule has 1 aliphatic heterocycles. The zero-order valence-electron chi connectivity index (χ0n) is 7.21. The van der Waals surface area contributed by atoms with Crippen molar-refractivity contribution in [1.82, 2.24) is 0 Å². The minimum absolute atomic E-state index is 0.0640. The van der Waals surface area contributed by atoms with Gasteiger partial charge in [-0.25, -0.2) is 0 Å². The van der Waals surface area contributed by atoms with E-state index in [0.29, 0.717) is 22.8 Å². The molecule has 1 unspecified atom stereocenters. The first-order valence-corrected chi connectivity index (χ1v) is 4.60. The number of carbonyl (C=O) groups excluding carboxylic acids is 1. The summed E-state index contributed by atoms with van der Waals surface area (Å²) in [6.07, 6.45) is 0.388. The van der Waals surface area contributed by atoms with E-state index in [2.05, 4.69) is 0 Å². The van der Waals surface area contributed by atoms with E-state index >= 15 is 0 Å². The van der Waals surface area contributed by atoms with Gasteiger partial charge in [0.15, 0.2) is 6.10 Å². The largest absolute Gasteiger partial charge is 0.481 e. The van der Waals surface area contributed by atoms with Crippen LogP contribution in [0.3, 0.4) is 0 Å². The standard InChI is InChI=1S/C10H9ClO2/c1-2-8-10(12)7-4-3-6(11)5-9(7)13-8/h3-5,8H,2H2,1H3. The average Bonchev–Trinajstić information content (AvgIpc) is 2.42. The summed E-state index contributed by atoms with van der Waals surface area (Å²) >= 11 is 5.77. The van der Waals surface area contributed by atoms with Crippen LogP contribution in [0.5, 0.6) is 5.75 Å². The van der Waals surface area contributed by atoms with Gasteiger partial charge in [0.05, 0.1) is 5.56 Å². The maximum absolute atomic E-state index is 11.6. The van der Waals surface area contributed by atoms with Gasteiger partial charge in [-0.1, -0.05) is 18.5 Å². The zero-order chi connectivity index (χ0) is 9.42. The van der Waals surface area contributed by atoms with E-state index in [1.807, 2.05) is 6.92 Å². The van der Waals surface area contributed by atoms with Crippen LogP contribution in [0.4, 0.5) is 0 Å². The van der Waals surface area contributed by atoms with Gasteiger partial charge in [0.2, 0.25) is 5.78 Å². The summed E-state index contributed by atoms with van der Waals surface area (Å²) < 4.78 is 5.42. The summed E-state index contributed by atoms with van der Waals surface area (Å²) in [5.74, 6) is 0.679. The first-order chi connectivity index (χ1) is 6.22. The molecule has 0 saturated carbocycles. The number of ether oxygens (including phenoxy) is 1. The van der Waals surface area contributed by atoms with Gasteiger partial charge in [-0.2, -0.15) is 0 Å².